The fraction of sp³-hybridized carbons (Fsp3) is 0.250. The summed E-state index contributed by atoms with van der Waals surface area (Å²) in [7, 11) is 0. The molecule has 2 rings (SSSR count). The summed E-state index contributed by atoms with van der Waals surface area (Å²) >= 11 is 5.65. The summed E-state index contributed by atoms with van der Waals surface area (Å²) in [5, 5.41) is 17.3. The van der Waals surface area contributed by atoms with Crippen LogP contribution in [0.25, 0.3) is 0 Å². The topological polar surface area (TPSA) is 103 Å². The number of aryl methyl sites for hydroxylation is 1. The molecule has 0 aliphatic rings. The molecular formula is C12H12ClN5O3. The molecule has 2 aromatic heterocycles. The zero-order valence-corrected chi connectivity index (χ0v) is 11.9. The van der Waals surface area contributed by atoms with Crippen LogP contribution in [-0.2, 0) is 6.54 Å². The number of carbonyl (C=O) groups is 1. The first kappa shape index (κ1) is 14.9. The van der Waals surface area contributed by atoms with Crippen LogP contribution in [0.4, 0.5) is 5.69 Å². The van der Waals surface area contributed by atoms with Crippen molar-refractivity contribution >= 4 is 23.2 Å². The number of nitrogens with zero attached hydrogens (tertiary/aromatic N) is 4. The number of carbonyl (C=O) groups excluding carboxylic acids is 1. The Kier molecular flexibility index (Phi) is 4.49. The van der Waals surface area contributed by atoms with E-state index in [1.54, 1.807) is 10.9 Å². The lowest BCUT2D eigenvalue weighted by Gasteiger charge is -2.06. The molecule has 0 aliphatic heterocycles. The van der Waals surface area contributed by atoms with E-state index in [0.717, 1.165) is 5.56 Å². The van der Waals surface area contributed by atoms with E-state index in [-0.39, 0.29) is 17.3 Å². The summed E-state index contributed by atoms with van der Waals surface area (Å²) in [4.78, 5) is 25.8. The standard InChI is InChI=1S/C12H12ClN5O3/c1-8-6-16-17(7-8)5-4-15-12(19)9-2-3-14-11(13)10(9)18(20)21/h2-3,6-7H,4-5H2,1H3,(H,15,19). The number of rotatable bonds is 5. The number of halogens is 1. The molecule has 0 aliphatic carbocycles. The average molecular weight is 310 g/mol. The van der Waals surface area contributed by atoms with Crippen LogP contribution in [0.5, 0.6) is 0 Å². The lowest BCUT2D eigenvalue weighted by molar-refractivity contribution is -0.385. The van der Waals surface area contributed by atoms with Gasteiger partial charge in [0.1, 0.15) is 5.56 Å². The lowest BCUT2D eigenvalue weighted by atomic mass is 10.2. The van der Waals surface area contributed by atoms with Crippen molar-refractivity contribution in [3.05, 3.63) is 51.1 Å². The van der Waals surface area contributed by atoms with Crippen LogP contribution in [0.15, 0.2) is 24.7 Å². The van der Waals surface area contributed by atoms with Gasteiger partial charge in [-0.05, 0) is 18.6 Å². The quantitative estimate of drug-likeness (QED) is 0.513. The Morgan fingerprint density at radius 3 is 2.95 bits per heavy atom. The zero-order chi connectivity index (χ0) is 15.4. The molecule has 1 N–H and O–H groups in total. The molecule has 21 heavy (non-hydrogen) atoms. The van der Waals surface area contributed by atoms with Crippen LogP contribution in [0.3, 0.4) is 0 Å². The number of pyridine rings is 1. The molecular weight excluding hydrogens is 298 g/mol. The maximum Gasteiger partial charge on any atom is 0.319 e. The minimum Gasteiger partial charge on any atom is -0.350 e. The summed E-state index contributed by atoms with van der Waals surface area (Å²) in [5.41, 5.74) is 0.404. The van der Waals surface area contributed by atoms with E-state index in [1.165, 1.54) is 12.3 Å². The second-order valence-corrected chi connectivity index (χ2v) is 4.65. The van der Waals surface area contributed by atoms with E-state index in [9.17, 15) is 14.9 Å². The van der Waals surface area contributed by atoms with Gasteiger partial charge in [-0.3, -0.25) is 19.6 Å². The van der Waals surface area contributed by atoms with Crippen LogP contribution >= 0.6 is 11.6 Å². The van der Waals surface area contributed by atoms with Gasteiger partial charge in [-0.1, -0.05) is 11.6 Å². The van der Waals surface area contributed by atoms with Crippen molar-refractivity contribution in [2.75, 3.05) is 6.54 Å². The van der Waals surface area contributed by atoms with Gasteiger partial charge in [0, 0.05) is 18.9 Å². The van der Waals surface area contributed by atoms with Gasteiger partial charge in [-0.2, -0.15) is 5.10 Å². The number of amides is 1. The molecule has 1 amide bonds. The molecule has 0 atom stereocenters. The molecule has 0 spiro atoms. The largest absolute Gasteiger partial charge is 0.350 e. The van der Waals surface area contributed by atoms with Crippen molar-refractivity contribution in [3.8, 4) is 0 Å². The first-order valence-electron chi connectivity index (χ1n) is 6.05. The Balaban J connectivity index is 2.04. The molecule has 2 heterocycles. The third-order valence-electron chi connectivity index (χ3n) is 2.70. The fourth-order valence-electron chi connectivity index (χ4n) is 1.75. The molecule has 0 aromatic carbocycles. The Hall–Kier alpha value is -2.48. The molecule has 0 bridgehead atoms. The third kappa shape index (κ3) is 3.54. The van der Waals surface area contributed by atoms with Crippen LogP contribution in [0.2, 0.25) is 5.15 Å². The van der Waals surface area contributed by atoms with E-state index in [4.69, 9.17) is 11.6 Å². The number of nitro groups is 1. The number of hydrogen-bond donors (Lipinski definition) is 1. The zero-order valence-electron chi connectivity index (χ0n) is 11.1. The molecule has 0 saturated heterocycles. The van der Waals surface area contributed by atoms with Gasteiger partial charge >= 0.3 is 5.69 Å². The minimum absolute atomic E-state index is 0.114. The molecule has 0 unspecified atom stereocenters. The van der Waals surface area contributed by atoms with Crippen molar-refractivity contribution in [3.63, 3.8) is 0 Å². The Morgan fingerprint density at radius 1 is 1.57 bits per heavy atom. The van der Waals surface area contributed by atoms with E-state index in [1.807, 2.05) is 13.1 Å². The van der Waals surface area contributed by atoms with Crippen molar-refractivity contribution in [2.45, 2.75) is 13.5 Å². The smallest absolute Gasteiger partial charge is 0.319 e. The highest BCUT2D eigenvalue weighted by Gasteiger charge is 2.24. The first-order valence-corrected chi connectivity index (χ1v) is 6.43. The second-order valence-electron chi connectivity index (χ2n) is 4.29. The van der Waals surface area contributed by atoms with Gasteiger partial charge in [0.2, 0.25) is 5.15 Å². The molecule has 0 saturated carbocycles. The molecule has 9 heteroatoms. The minimum atomic E-state index is -0.721. The molecule has 2 aromatic rings. The summed E-state index contributed by atoms with van der Waals surface area (Å²) < 4.78 is 1.67. The normalized spacial score (nSPS) is 10.4. The van der Waals surface area contributed by atoms with Gasteiger partial charge in [0.25, 0.3) is 5.91 Å². The fourth-order valence-corrected chi connectivity index (χ4v) is 1.98. The predicted octanol–water partition coefficient (Wildman–Crippen LogP) is 1.58. The number of nitrogens with one attached hydrogen (secondary N) is 1. The van der Waals surface area contributed by atoms with Crippen molar-refractivity contribution < 1.29 is 9.72 Å². The first-order chi connectivity index (χ1) is 9.99. The van der Waals surface area contributed by atoms with Gasteiger partial charge < -0.3 is 5.32 Å². The highest BCUT2D eigenvalue weighted by molar-refractivity contribution is 6.32. The second kappa shape index (κ2) is 6.31. The van der Waals surface area contributed by atoms with Crippen LogP contribution in [-0.4, -0.2) is 32.1 Å². The Bertz CT molecular complexity index is 685. The maximum absolute atomic E-state index is 12.0. The summed E-state index contributed by atoms with van der Waals surface area (Å²) in [5.74, 6) is -0.574. The Morgan fingerprint density at radius 2 is 2.33 bits per heavy atom. The maximum atomic E-state index is 12.0. The average Bonchev–Trinajstić information content (AvgIpc) is 2.83. The van der Waals surface area contributed by atoms with Crippen molar-refractivity contribution in [2.24, 2.45) is 0 Å². The van der Waals surface area contributed by atoms with Gasteiger partial charge in [-0.15, -0.1) is 0 Å². The highest BCUT2D eigenvalue weighted by Crippen LogP contribution is 2.25. The summed E-state index contributed by atoms with van der Waals surface area (Å²) in [6.07, 6.45) is 4.79. The van der Waals surface area contributed by atoms with Crippen LogP contribution in [0.1, 0.15) is 15.9 Å². The third-order valence-corrected chi connectivity index (χ3v) is 2.97. The molecule has 0 fully saturated rings. The van der Waals surface area contributed by atoms with Crippen LogP contribution in [0, 0.1) is 17.0 Å². The molecule has 8 nitrogen and oxygen atoms in total. The monoisotopic (exact) mass is 309 g/mol. The van der Waals surface area contributed by atoms with Crippen molar-refractivity contribution in [1.29, 1.82) is 0 Å². The molecule has 0 radical (unpaired) electrons. The highest BCUT2D eigenvalue weighted by atomic mass is 35.5. The van der Waals surface area contributed by atoms with E-state index in [2.05, 4.69) is 15.4 Å². The van der Waals surface area contributed by atoms with Crippen molar-refractivity contribution in [1.82, 2.24) is 20.1 Å². The number of hydrogen-bond acceptors (Lipinski definition) is 5. The molecule has 110 valence electrons. The van der Waals surface area contributed by atoms with Gasteiger partial charge in [-0.25, -0.2) is 4.98 Å². The predicted molar refractivity (Wildman–Crippen MR) is 75.2 cm³/mol. The Labute approximate surface area is 124 Å². The van der Waals surface area contributed by atoms with E-state index < -0.39 is 16.5 Å². The van der Waals surface area contributed by atoms with Gasteiger partial charge in [0.05, 0.1) is 17.7 Å². The van der Waals surface area contributed by atoms with E-state index in [0.29, 0.717) is 6.54 Å². The summed E-state index contributed by atoms with van der Waals surface area (Å²) in [6, 6.07) is 1.26. The van der Waals surface area contributed by atoms with Crippen LogP contribution < -0.4 is 5.32 Å². The van der Waals surface area contributed by atoms with Gasteiger partial charge in [0.15, 0.2) is 0 Å². The number of aromatic nitrogens is 3. The SMILES string of the molecule is Cc1cnn(CCNC(=O)c2ccnc(Cl)c2[N+](=O)[O-])c1. The summed E-state index contributed by atoms with van der Waals surface area (Å²) in [6.45, 7) is 2.66. The van der Waals surface area contributed by atoms with E-state index >= 15 is 0 Å². The lowest BCUT2D eigenvalue weighted by Crippen LogP contribution is -2.28.